The van der Waals surface area contributed by atoms with Crippen molar-refractivity contribution in [2.45, 2.75) is 25.1 Å². The number of alkyl halides is 3. The number of methoxy groups -OCH3 is 1. The lowest BCUT2D eigenvalue weighted by Crippen LogP contribution is -2.37. The van der Waals surface area contributed by atoms with E-state index in [4.69, 9.17) is 29.7 Å². The zero-order valence-corrected chi connectivity index (χ0v) is 22.2. The van der Waals surface area contributed by atoms with Crippen LogP contribution in [0.25, 0.3) is 10.6 Å². The molecule has 2 aromatic carbocycles. The van der Waals surface area contributed by atoms with E-state index < -0.39 is 31.7 Å². The SMILES string of the molecule is COc1ccccc1CCOCCOc1ccc(-c2nnc([C@@](C)(N)COP(=O)(O)O)s2)cc1C(F)(F)F. The molecule has 0 saturated heterocycles. The van der Waals surface area contributed by atoms with Gasteiger partial charge in [0.15, 0.2) is 0 Å². The Morgan fingerprint density at radius 2 is 1.79 bits per heavy atom. The van der Waals surface area contributed by atoms with Crippen molar-refractivity contribution < 1.29 is 46.3 Å². The summed E-state index contributed by atoms with van der Waals surface area (Å²) in [6.45, 7) is 1.16. The Morgan fingerprint density at radius 3 is 2.47 bits per heavy atom. The summed E-state index contributed by atoms with van der Waals surface area (Å²) < 4.78 is 72.9. The third-order valence-electron chi connectivity index (χ3n) is 5.17. The Hall–Kier alpha value is -2.58. The van der Waals surface area contributed by atoms with Crippen LogP contribution < -0.4 is 15.2 Å². The minimum Gasteiger partial charge on any atom is -0.496 e. The number of rotatable bonds is 13. The molecule has 0 saturated carbocycles. The molecule has 1 heterocycles. The smallest absolute Gasteiger partial charge is 0.469 e. The van der Waals surface area contributed by atoms with Gasteiger partial charge in [-0.1, -0.05) is 29.5 Å². The summed E-state index contributed by atoms with van der Waals surface area (Å²) in [6, 6.07) is 10.9. The molecule has 0 amide bonds. The van der Waals surface area contributed by atoms with Crippen LogP contribution in [0.5, 0.6) is 11.5 Å². The van der Waals surface area contributed by atoms with Crippen LogP contribution in [0.4, 0.5) is 13.2 Å². The summed E-state index contributed by atoms with van der Waals surface area (Å²) in [6.07, 6.45) is -4.13. The van der Waals surface area contributed by atoms with Crippen LogP contribution in [0.2, 0.25) is 0 Å². The lowest BCUT2D eigenvalue weighted by molar-refractivity contribution is -0.139. The van der Waals surface area contributed by atoms with Gasteiger partial charge in [-0.15, -0.1) is 10.2 Å². The maximum Gasteiger partial charge on any atom is 0.469 e. The quantitative estimate of drug-likeness (QED) is 0.200. The van der Waals surface area contributed by atoms with E-state index in [2.05, 4.69) is 14.7 Å². The lowest BCUT2D eigenvalue weighted by atomic mass is 10.1. The number of para-hydroxylation sites is 1. The monoisotopic (exact) mass is 577 g/mol. The molecule has 3 aromatic rings. The molecule has 0 radical (unpaired) electrons. The van der Waals surface area contributed by atoms with Crippen molar-refractivity contribution in [1.29, 1.82) is 0 Å². The van der Waals surface area contributed by atoms with Crippen LogP contribution in [0.1, 0.15) is 23.1 Å². The standard InChI is InChI=1S/C23H27F3N3O7PS/c1-22(27,14-36-37(30,31)32)21-29-28-20(38-21)16-7-8-19(17(13-16)23(24,25)26)35-12-11-34-10-9-15-5-3-4-6-18(15)33-2/h3-8,13H,9-12,14,27H2,1-2H3,(H2,30,31,32)/t22-/m0/s1. The molecule has 0 unspecified atom stereocenters. The van der Waals surface area contributed by atoms with Crippen LogP contribution in [0.15, 0.2) is 42.5 Å². The van der Waals surface area contributed by atoms with Gasteiger partial charge >= 0.3 is 14.0 Å². The first-order valence-corrected chi connectivity index (χ1v) is 13.5. The summed E-state index contributed by atoms with van der Waals surface area (Å²) in [4.78, 5) is 17.8. The molecule has 1 aromatic heterocycles. The van der Waals surface area contributed by atoms with Crippen molar-refractivity contribution in [3.05, 3.63) is 58.6 Å². The van der Waals surface area contributed by atoms with Crippen molar-refractivity contribution in [2.75, 3.05) is 33.5 Å². The Labute approximate surface area is 220 Å². The third-order valence-corrected chi connectivity index (χ3v) is 6.89. The van der Waals surface area contributed by atoms with Gasteiger partial charge in [-0.05, 0) is 43.2 Å². The molecule has 0 aliphatic carbocycles. The predicted octanol–water partition coefficient (Wildman–Crippen LogP) is 4.15. The number of aromatic nitrogens is 2. The summed E-state index contributed by atoms with van der Waals surface area (Å²) in [7, 11) is -3.20. The topological polar surface area (TPSA) is 146 Å². The fraction of sp³-hybridized carbons (Fsp3) is 0.391. The average Bonchev–Trinajstić information content (AvgIpc) is 3.36. The van der Waals surface area contributed by atoms with Gasteiger partial charge in [0, 0.05) is 5.56 Å². The second-order valence-corrected chi connectivity index (χ2v) is 10.5. The van der Waals surface area contributed by atoms with Gasteiger partial charge in [0.1, 0.15) is 28.1 Å². The molecule has 15 heteroatoms. The minimum atomic E-state index is -4.77. The zero-order valence-electron chi connectivity index (χ0n) is 20.5. The summed E-state index contributed by atoms with van der Waals surface area (Å²) >= 11 is 0.879. The molecule has 1 atom stereocenters. The molecule has 0 bridgehead atoms. The zero-order chi connectivity index (χ0) is 28.0. The van der Waals surface area contributed by atoms with E-state index in [-0.39, 0.29) is 34.5 Å². The van der Waals surface area contributed by atoms with Crippen LogP contribution >= 0.6 is 19.2 Å². The van der Waals surface area contributed by atoms with E-state index >= 15 is 0 Å². The van der Waals surface area contributed by atoms with Gasteiger partial charge in [-0.25, -0.2) is 4.57 Å². The summed E-state index contributed by atoms with van der Waals surface area (Å²) in [5.74, 6) is 0.369. The lowest BCUT2D eigenvalue weighted by Gasteiger charge is -2.21. The number of phosphoric ester groups is 1. The van der Waals surface area contributed by atoms with E-state index in [9.17, 15) is 17.7 Å². The van der Waals surface area contributed by atoms with E-state index in [1.54, 1.807) is 7.11 Å². The molecule has 4 N–H and O–H groups in total. The van der Waals surface area contributed by atoms with Gasteiger partial charge in [0.05, 0.1) is 38.0 Å². The number of benzene rings is 2. The predicted molar refractivity (Wildman–Crippen MR) is 133 cm³/mol. The van der Waals surface area contributed by atoms with Crippen molar-refractivity contribution in [2.24, 2.45) is 5.73 Å². The van der Waals surface area contributed by atoms with Gasteiger partial charge in [0.25, 0.3) is 0 Å². The van der Waals surface area contributed by atoms with Crippen molar-refractivity contribution in [3.63, 3.8) is 0 Å². The number of hydrogen-bond acceptors (Lipinski definition) is 9. The van der Waals surface area contributed by atoms with E-state index in [0.29, 0.717) is 13.0 Å². The number of phosphoric acid groups is 1. The second-order valence-electron chi connectivity index (χ2n) is 8.33. The van der Waals surface area contributed by atoms with E-state index in [1.807, 2.05) is 24.3 Å². The van der Waals surface area contributed by atoms with Gasteiger partial charge in [-0.2, -0.15) is 13.2 Å². The molecule has 0 spiro atoms. The van der Waals surface area contributed by atoms with E-state index in [1.165, 1.54) is 19.1 Å². The molecule has 0 fully saturated rings. The van der Waals surface area contributed by atoms with Crippen molar-refractivity contribution >= 4 is 19.2 Å². The van der Waals surface area contributed by atoms with E-state index in [0.717, 1.165) is 28.7 Å². The molecular formula is C23H27F3N3O7PS. The number of halogens is 3. The first kappa shape index (κ1) is 30.0. The van der Waals surface area contributed by atoms with Gasteiger partial charge in [0.2, 0.25) is 0 Å². The summed E-state index contributed by atoms with van der Waals surface area (Å²) in [5, 5.41) is 8.00. The molecule has 0 aliphatic rings. The normalized spacial score (nSPS) is 13.8. The van der Waals surface area contributed by atoms with Crippen molar-refractivity contribution in [1.82, 2.24) is 10.2 Å². The maximum absolute atomic E-state index is 13.8. The Morgan fingerprint density at radius 1 is 1.05 bits per heavy atom. The highest BCUT2D eigenvalue weighted by atomic mass is 32.1. The number of nitrogens with two attached hydrogens (primary N) is 1. The van der Waals surface area contributed by atoms with Gasteiger partial charge < -0.3 is 29.7 Å². The number of ether oxygens (including phenoxy) is 3. The molecule has 3 rings (SSSR count). The van der Waals surface area contributed by atoms with Crippen LogP contribution in [-0.4, -0.2) is 53.5 Å². The highest BCUT2D eigenvalue weighted by Gasteiger charge is 2.35. The molecule has 10 nitrogen and oxygen atoms in total. The highest BCUT2D eigenvalue weighted by molar-refractivity contribution is 7.46. The minimum absolute atomic E-state index is 0.0831. The second kappa shape index (κ2) is 12.5. The first-order valence-electron chi connectivity index (χ1n) is 11.2. The van der Waals surface area contributed by atoms with Crippen LogP contribution in [-0.2, 0) is 32.0 Å². The summed E-state index contributed by atoms with van der Waals surface area (Å²) in [5.41, 5.74) is 4.66. The number of nitrogens with zero attached hydrogens (tertiary/aromatic N) is 2. The highest BCUT2D eigenvalue weighted by Crippen LogP contribution is 2.41. The Balaban J connectivity index is 1.63. The fourth-order valence-corrected chi connectivity index (χ4v) is 4.58. The van der Waals surface area contributed by atoms with Crippen LogP contribution in [0, 0.1) is 0 Å². The van der Waals surface area contributed by atoms with Gasteiger partial charge in [-0.3, -0.25) is 4.52 Å². The Bertz CT molecular complexity index is 1270. The Kier molecular flexibility index (Phi) is 9.87. The maximum atomic E-state index is 13.8. The van der Waals surface area contributed by atoms with Crippen LogP contribution in [0.3, 0.4) is 0 Å². The fourth-order valence-electron chi connectivity index (χ4n) is 3.27. The molecule has 0 aliphatic heterocycles. The third kappa shape index (κ3) is 8.46. The largest absolute Gasteiger partial charge is 0.496 e. The first-order chi connectivity index (χ1) is 17.8. The molecule has 208 valence electrons. The average molecular weight is 578 g/mol. The molecule has 38 heavy (non-hydrogen) atoms. The molecular weight excluding hydrogens is 550 g/mol. The van der Waals surface area contributed by atoms with Crippen molar-refractivity contribution in [3.8, 4) is 22.1 Å². The number of hydrogen-bond donors (Lipinski definition) is 3.